The Morgan fingerprint density at radius 3 is 2.59 bits per heavy atom. The molecule has 136 valence electrons. The minimum Gasteiger partial charge on any atom is -0.481 e. The number of nitriles is 1. The maximum Gasteiger partial charge on any atom is 0.266 e. The molecule has 0 aliphatic rings. The first-order chi connectivity index (χ1) is 12.9. The lowest BCUT2D eigenvalue weighted by atomic mass is 10.2. The Morgan fingerprint density at radius 2 is 1.93 bits per heavy atom. The average molecular weight is 380 g/mol. The van der Waals surface area contributed by atoms with E-state index in [1.54, 1.807) is 49.4 Å². The van der Waals surface area contributed by atoms with Gasteiger partial charge in [0, 0.05) is 12.6 Å². The number of rotatable bonds is 5. The Bertz CT molecular complexity index is 1040. The first kappa shape index (κ1) is 18.4. The molecule has 0 saturated carbocycles. The Hall–Kier alpha value is -3.44. The van der Waals surface area contributed by atoms with E-state index in [0.29, 0.717) is 22.1 Å². The molecule has 8 heteroatoms. The van der Waals surface area contributed by atoms with Gasteiger partial charge in [0.15, 0.2) is 11.2 Å². The van der Waals surface area contributed by atoms with Gasteiger partial charge in [-0.3, -0.25) is 14.9 Å². The number of carbonyl (C=O) groups is 2. The van der Waals surface area contributed by atoms with Gasteiger partial charge in [0.2, 0.25) is 5.91 Å². The van der Waals surface area contributed by atoms with E-state index in [2.05, 4.69) is 15.6 Å². The van der Waals surface area contributed by atoms with Crippen molar-refractivity contribution >= 4 is 44.2 Å². The van der Waals surface area contributed by atoms with Crippen LogP contribution in [0.25, 0.3) is 10.2 Å². The molecule has 7 nitrogen and oxygen atoms in total. The normalized spacial score (nSPS) is 11.4. The van der Waals surface area contributed by atoms with Crippen LogP contribution in [0.2, 0.25) is 0 Å². The van der Waals surface area contributed by atoms with Crippen molar-refractivity contribution in [3.05, 3.63) is 48.0 Å². The number of ether oxygens (including phenoxy) is 1. The third kappa shape index (κ3) is 4.59. The number of nitrogens with zero attached hydrogens (tertiary/aromatic N) is 2. The van der Waals surface area contributed by atoms with Crippen molar-refractivity contribution in [1.29, 1.82) is 5.26 Å². The maximum absolute atomic E-state index is 12.4. The number of amides is 2. The van der Waals surface area contributed by atoms with Gasteiger partial charge in [-0.2, -0.15) is 5.26 Å². The van der Waals surface area contributed by atoms with Gasteiger partial charge < -0.3 is 10.1 Å². The van der Waals surface area contributed by atoms with Crippen molar-refractivity contribution in [2.45, 2.75) is 20.0 Å². The Kier molecular flexibility index (Phi) is 5.33. The SMILES string of the molecule is CC(=O)Nc1ccc2nc(NC(=O)C(C)Oc3ccc(C#N)cc3)sc2c1. The zero-order valence-electron chi connectivity index (χ0n) is 14.6. The predicted molar refractivity (Wildman–Crippen MR) is 104 cm³/mol. The molecule has 0 fully saturated rings. The molecule has 27 heavy (non-hydrogen) atoms. The van der Waals surface area contributed by atoms with Crippen LogP contribution in [0.15, 0.2) is 42.5 Å². The zero-order valence-corrected chi connectivity index (χ0v) is 15.5. The molecule has 1 atom stereocenters. The molecule has 2 N–H and O–H groups in total. The molecule has 3 aromatic rings. The van der Waals surface area contributed by atoms with Crippen molar-refractivity contribution in [1.82, 2.24) is 4.98 Å². The van der Waals surface area contributed by atoms with E-state index in [9.17, 15) is 9.59 Å². The molecule has 0 bridgehead atoms. The van der Waals surface area contributed by atoms with Crippen LogP contribution in [0.4, 0.5) is 10.8 Å². The fourth-order valence-corrected chi connectivity index (χ4v) is 3.24. The summed E-state index contributed by atoms with van der Waals surface area (Å²) in [6, 6.07) is 13.9. The second kappa shape index (κ2) is 7.85. The third-order valence-electron chi connectivity index (χ3n) is 3.60. The summed E-state index contributed by atoms with van der Waals surface area (Å²) in [5, 5.41) is 14.7. The first-order valence-corrected chi connectivity index (χ1v) is 8.92. The van der Waals surface area contributed by atoms with Crippen LogP contribution in [0.5, 0.6) is 5.75 Å². The molecular weight excluding hydrogens is 364 g/mol. The summed E-state index contributed by atoms with van der Waals surface area (Å²) in [4.78, 5) is 27.9. The summed E-state index contributed by atoms with van der Waals surface area (Å²) >= 11 is 1.31. The molecule has 2 amide bonds. The van der Waals surface area contributed by atoms with Gasteiger partial charge in [-0.25, -0.2) is 4.98 Å². The molecular formula is C19H16N4O3S. The standard InChI is InChI=1S/C19H16N4O3S/c1-11(26-15-6-3-13(10-20)4-7-15)18(25)23-19-22-16-8-5-14(21-12(2)24)9-17(16)27-19/h3-9,11H,1-2H3,(H,21,24)(H,22,23,25). The maximum atomic E-state index is 12.4. The molecule has 0 spiro atoms. The molecule has 3 rings (SSSR count). The van der Waals surface area contributed by atoms with E-state index >= 15 is 0 Å². The smallest absolute Gasteiger partial charge is 0.266 e. The van der Waals surface area contributed by atoms with Crippen LogP contribution in [0.1, 0.15) is 19.4 Å². The van der Waals surface area contributed by atoms with E-state index < -0.39 is 6.10 Å². The lowest BCUT2D eigenvalue weighted by Gasteiger charge is -2.13. The number of thiazole rings is 1. The highest BCUT2D eigenvalue weighted by atomic mass is 32.1. The summed E-state index contributed by atoms with van der Waals surface area (Å²) in [6.45, 7) is 3.08. The molecule has 2 aromatic carbocycles. The minimum atomic E-state index is -0.736. The highest BCUT2D eigenvalue weighted by molar-refractivity contribution is 7.22. The zero-order chi connectivity index (χ0) is 19.4. The van der Waals surface area contributed by atoms with Gasteiger partial charge >= 0.3 is 0 Å². The second-order valence-electron chi connectivity index (χ2n) is 5.77. The third-order valence-corrected chi connectivity index (χ3v) is 4.54. The molecule has 0 aliphatic carbocycles. The number of nitrogens with one attached hydrogen (secondary N) is 2. The highest BCUT2D eigenvalue weighted by Crippen LogP contribution is 2.28. The summed E-state index contributed by atoms with van der Waals surface area (Å²) in [5.74, 6) is 0.0163. The number of anilines is 2. The molecule has 1 aromatic heterocycles. The quantitative estimate of drug-likeness (QED) is 0.705. The van der Waals surface area contributed by atoms with Crippen molar-refractivity contribution in [2.24, 2.45) is 0 Å². The predicted octanol–water partition coefficient (Wildman–Crippen LogP) is 3.53. The fraction of sp³-hybridized carbons (Fsp3) is 0.158. The number of aromatic nitrogens is 1. The van der Waals surface area contributed by atoms with E-state index in [1.165, 1.54) is 18.3 Å². The van der Waals surface area contributed by atoms with Crippen molar-refractivity contribution in [3.8, 4) is 11.8 Å². The lowest BCUT2D eigenvalue weighted by Crippen LogP contribution is -2.30. The second-order valence-corrected chi connectivity index (χ2v) is 6.80. The van der Waals surface area contributed by atoms with Crippen LogP contribution in [0, 0.1) is 11.3 Å². The van der Waals surface area contributed by atoms with Crippen molar-refractivity contribution in [3.63, 3.8) is 0 Å². The van der Waals surface area contributed by atoms with E-state index in [0.717, 1.165) is 10.2 Å². The minimum absolute atomic E-state index is 0.152. The first-order valence-electron chi connectivity index (χ1n) is 8.10. The average Bonchev–Trinajstić information content (AvgIpc) is 3.03. The van der Waals surface area contributed by atoms with Gasteiger partial charge in [0.05, 0.1) is 21.8 Å². The van der Waals surface area contributed by atoms with Crippen LogP contribution < -0.4 is 15.4 Å². The van der Waals surface area contributed by atoms with Gasteiger partial charge in [0.25, 0.3) is 5.91 Å². The van der Waals surface area contributed by atoms with Gasteiger partial charge in [-0.15, -0.1) is 0 Å². The number of benzene rings is 2. The van der Waals surface area contributed by atoms with Gasteiger partial charge in [-0.05, 0) is 49.4 Å². The summed E-state index contributed by atoms with van der Waals surface area (Å²) in [6.07, 6.45) is -0.736. The summed E-state index contributed by atoms with van der Waals surface area (Å²) in [5.41, 5.74) is 1.92. The van der Waals surface area contributed by atoms with Crippen LogP contribution in [-0.2, 0) is 9.59 Å². The molecule has 1 heterocycles. The molecule has 0 radical (unpaired) electrons. The van der Waals surface area contributed by atoms with Crippen LogP contribution >= 0.6 is 11.3 Å². The monoisotopic (exact) mass is 380 g/mol. The Balaban J connectivity index is 1.67. The van der Waals surface area contributed by atoms with Gasteiger partial charge in [0.1, 0.15) is 5.75 Å². The highest BCUT2D eigenvalue weighted by Gasteiger charge is 2.17. The largest absolute Gasteiger partial charge is 0.481 e. The number of hydrogen-bond donors (Lipinski definition) is 2. The summed E-state index contributed by atoms with van der Waals surface area (Å²) < 4.78 is 6.44. The molecule has 0 aliphatic heterocycles. The number of fused-ring (bicyclic) bond motifs is 1. The topological polar surface area (TPSA) is 104 Å². The summed E-state index contributed by atoms with van der Waals surface area (Å²) in [7, 11) is 0. The Labute approximate surface area is 159 Å². The lowest BCUT2D eigenvalue weighted by molar-refractivity contribution is -0.122. The van der Waals surface area contributed by atoms with Crippen LogP contribution in [-0.4, -0.2) is 22.9 Å². The van der Waals surface area contributed by atoms with Crippen molar-refractivity contribution < 1.29 is 14.3 Å². The van der Waals surface area contributed by atoms with Gasteiger partial charge in [-0.1, -0.05) is 11.3 Å². The number of hydrogen-bond acceptors (Lipinski definition) is 6. The van der Waals surface area contributed by atoms with E-state index in [-0.39, 0.29) is 11.8 Å². The molecule has 0 saturated heterocycles. The van der Waals surface area contributed by atoms with Crippen LogP contribution in [0.3, 0.4) is 0 Å². The molecule has 1 unspecified atom stereocenters. The van der Waals surface area contributed by atoms with E-state index in [1.807, 2.05) is 6.07 Å². The van der Waals surface area contributed by atoms with E-state index in [4.69, 9.17) is 10.00 Å². The van der Waals surface area contributed by atoms with Crippen molar-refractivity contribution in [2.75, 3.05) is 10.6 Å². The Morgan fingerprint density at radius 1 is 1.19 bits per heavy atom. The fourth-order valence-electron chi connectivity index (χ4n) is 2.33. The number of carbonyl (C=O) groups excluding carboxylic acids is 2.